The summed E-state index contributed by atoms with van der Waals surface area (Å²) in [4.78, 5) is 4.56. The topological polar surface area (TPSA) is 52.8 Å². The highest BCUT2D eigenvalue weighted by molar-refractivity contribution is 5.62. The van der Waals surface area contributed by atoms with Gasteiger partial charge in [0.25, 0.3) is 0 Å². The van der Waals surface area contributed by atoms with Gasteiger partial charge in [-0.1, -0.05) is 12.8 Å². The molecule has 92 valence electrons. The molecule has 0 amide bonds. The monoisotopic (exact) mass is 225 g/mol. The van der Waals surface area contributed by atoms with Crippen LogP contribution in [0.5, 0.6) is 0 Å². The van der Waals surface area contributed by atoms with Crippen molar-refractivity contribution in [3.05, 3.63) is 0 Å². The van der Waals surface area contributed by atoms with E-state index in [2.05, 4.69) is 4.99 Å². The summed E-state index contributed by atoms with van der Waals surface area (Å²) in [6.45, 7) is 0. The van der Waals surface area contributed by atoms with Gasteiger partial charge in [-0.05, 0) is 38.5 Å². The van der Waals surface area contributed by atoms with Crippen molar-refractivity contribution in [2.24, 2.45) is 10.9 Å². The molecule has 0 aromatic heterocycles. The molecule has 16 heavy (non-hydrogen) atoms. The van der Waals surface area contributed by atoms with E-state index in [0.717, 1.165) is 44.9 Å². The summed E-state index contributed by atoms with van der Waals surface area (Å²) in [6.07, 6.45) is 9.87. The smallest absolute Gasteiger partial charge is 0.0617 e. The first-order valence-corrected chi connectivity index (χ1v) is 6.65. The summed E-state index contributed by atoms with van der Waals surface area (Å²) in [5.74, 6) is 0.257. The highest BCUT2D eigenvalue weighted by Crippen LogP contribution is 2.25. The van der Waals surface area contributed by atoms with E-state index < -0.39 is 0 Å². The Bertz CT molecular complexity index is 242. The standard InChI is InChI=1S/C13H23NO2/c15-12-6-3-5-11(8-12)14-9-10-4-1-2-7-13(10)16/h9-13,15-16H,1-8H2. The fourth-order valence-electron chi connectivity index (χ4n) is 2.82. The van der Waals surface area contributed by atoms with Gasteiger partial charge < -0.3 is 10.2 Å². The minimum absolute atomic E-state index is 0.160. The number of aliphatic imine (C=N–C) groups is 1. The van der Waals surface area contributed by atoms with E-state index in [1.807, 2.05) is 6.21 Å². The molecule has 0 spiro atoms. The van der Waals surface area contributed by atoms with Crippen molar-refractivity contribution < 1.29 is 10.2 Å². The van der Waals surface area contributed by atoms with Crippen molar-refractivity contribution >= 4 is 6.21 Å². The first-order chi connectivity index (χ1) is 7.75. The molecule has 0 aromatic carbocycles. The lowest BCUT2D eigenvalue weighted by molar-refractivity contribution is 0.102. The van der Waals surface area contributed by atoms with Crippen molar-refractivity contribution in [2.45, 2.75) is 69.6 Å². The first-order valence-electron chi connectivity index (χ1n) is 6.65. The van der Waals surface area contributed by atoms with Crippen LogP contribution in [0.25, 0.3) is 0 Å². The second kappa shape index (κ2) is 5.78. The van der Waals surface area contributed by atoms with E-state index in [1.54, 1.807) is 0 Å². The summed E-state index contributed by atoms with van der Waals surface area (Å²) in [6, 6.07) is 0.290. The van der Waals surface area contributed by atoms with Gasteiger partial charge in [0.1, 0.15) is 0 Å². The molecule has 2 saturated carbocycles. The van der Waals surface area contributed by atoms with Crippen molar-refractivity contribution in [3.8, 4) is 0 Å². The molecule has 3 heteroatoms. The van der Waals surface area contributed by atoms with Crippen LogP contribution in [0.15, 0.2) is 4.99 Å². The van der Waals surface area contributed by atoms with Gasteiger partial charge in [-0.15, -0.1) is 0 Å². The lowest BCUT2D eigenvalue weighted by Gasteiger charge is -2.26. The highest BCUT2D eigenvalue weighted by Gasteiger charge is 2.23. The molecule has 4 atom stereocenters. The van der Waals surface area contributed by atoms with E-state index in [9.17, 15) is 10.2 Å². The van der Waals surface area contributed by atoms with Crippen LogP contribution in [0, 0.1) is 5.92 Å². The minimum Gasteiger partial charge on any atom is -0.393 e. The molecule has 0 aromatic rings. The average Bonchev–Trinajstić information content (AvgIpc) is 2.28. The van der Waals surface area contributed by atoms with Gasteiger partial charge in [-0.3, -0.25) is 4.99 Å². The van der Waals surface area contributed by atoms with Crippen LogP contribution in [0.1, 0.15) is 51.4 Å². The van der Waals surface area contributed by atoms with Gasteiger partial charge in [0, 0.05) is 12.1 Å². The number of aliphatic hydroxyl groups excluding tert-OH is 2. The summed E-state index contributed by atoms with van der Waals surface area (Å²) in [7, 11) is 0. The van der Waals surface area contributed by atoms with Crippen molar-refractivity contribution in [3.63, 3.8) is 0 Å². The third-order valence-electron chi connectivity index (χ3n) is 3.89. The Morgan fingerprint density at radius 3 is 2.50 bits per heavy atom. The van der Waals surface area contributed by atoms with Gasteiger partial charge in [0.05, 0.1) is 18.2 Å². The second-order valence-corrected chi connectivity index (χ2v) is 5.29. The third kappa shape index (κ3) is 3.29. The summed E-state index contributed by atoms with van der Waals surface area (Å²) in [5, 5.41) is 19.4. The van der Waals surface area contributed by atoms with Gasteiger partial charge >= 0.3 is 0 Å². The molecule has 0 heterocycles. The van der Waals surface area contributed by atoms with E-state index in [1.165, 1.54) is 6.42 Å². The summed E-state index contributed by atoms with van der Waals surface area (Å²) in [5.41, 5.74) is 0. The third-order valence-corrected chi connectivity index (χ3v) is 3.89. The van der Waals surface area contributed by atoms with Gasteiger partial charge in [0.15, 0.2) is 0 Å². The highest BCUT2D eigenvalue weighted by atomic mass is 16.3. The molecular weight excluding hydrogens is 202 g/mol. The Labute approximate surface area is 97.6 Å². The zero-order chi connectivity index (χ0) is 11.4. The number of hydrogen-bond acceptors (Lipinski definition) is 3. The Hall–Kier alpha value is -0.410. The maximum absolute atomic E-state index is 9.81. The SMILES string of the molecule is OC1CCCC(N=CC2CCCCC2O)C1. The van der Waals surface area contributed by atoms with Crippen LogP contribution in [-0.2, 0) is 0 Å². The molecule has 2 rings (SSSR count). The zero-order valence-corrected chi connectivity index (χ0v) is 9.89. The molecular formula is C13H23NO2. The lowest BCUT2D eigenvalue weighted by Crippen LogP contribution is -2.27. The summed E-state index contributed by atoms with van der Waals surface area (Å²) >= 11 is 0. The Morgan fingerprint density at radius 1 is 0.938 bits per heavy atom. The Kier molecular flexibility index (Phi) is 4.36. The van der Waals surface area contributed by atoms with Crippen molar-refractivity contribution in [1.82, 2.24) is 0 Å². The fraction of sp³-hybridized carbons (Fsp3) is 0.923. The Morgan fingerprint density at radius 2 is 1.75 bits per heavy atom. The number of rotatable bonds is 2. The van der Waals surface area contributed by atoms with Gasteiger partial charge in [0.2, 0.25) is 0 Å². The molecule has 0 aliphatic heterocycles. The molecule has 2 N–H and O–H groups in total. The zero-order valence-electron chi connectivity index (χ0n) is 9.89. The predicted molar refractivity (Wildman–Crippen MR) is 64.7 cm³/mol. The van der Waals surface area contributed by atoms with Gasteiger partial charge in [-0.2, -0.15) is 0 Å². The van der Waals surface area contributed by atoms with Crippen molar-refractivity contribution in [2.75, 3.05) is 0 Å². The average molecular weight is 225 g/mol. The van der Waals surface area contributed by atoms with Crippen LogP contribution in [0.3, 0.4) is 0 Å². The van der Waals surface area contributed by atoms with E-state index in [-0.39, 0.29) is 24.2 Å². The Balaban J connectivity index is 1.82. The molecule has 0 bridgehead atoms. The lowest BCUT2D eigenvalue weighted by atomic mass is 9.87. The van der Waals surface area contributed by atoms with Gasteiger partial charge in [-0.25, -0.2) is 0 Å². The summed E-state index contributed by atoms with van der Waals surface area (Å²) < 4.78 is 0. The van der Waals surface area contributed by atoms with Crippen LogP contribution < -0.4 is 0 Å². The molecule has 0 radical (unpaired) electrons. The normalized spacial score (nSPS) is 41.4. The number of nitrogens with zero attached hydrogens (tertiary/aromatic N) is 1. The van der Waals surface area contributed by atoms with E-state index >= 15 is 0 Å². The van der Waals surface area contributed by atoms with Crippen LogP contribution in [-0.4, -0.2) is 34.7 Å². The van der Waals surface area contributed by atoms with Crippen LogP contribution in [0.4, 0.5) is 0 Å². The van der Waals surface area contributed by atoms with E-state index in [0.29, 0.717) is 0 Å². The first kappa shape index (κ1) is 12.1. The van der Waals surface area contributed by atoms with Crippen LogP contribution >= 0.6 is 0 Å². The van der Waals surface area contributed by atoms with Crippen molar-refractivity contribution in [1.29, 1.82) is 0 Å². The largest absolute Gasteiger partial charge is 0.393 e. The quantitative estimate of drug-likeness (QED) is 0.705. The maximum atomic E-state index is 9.81. The molecule has 2 aliphatic rings. The fourth-order valence-corrected chi connectivity index (χ4v) is 2.82. The van der Waals surface area contributed by atoms with E-state index in [4.69, 9.17) is 0 Å². The predicted octanol–water partition coefficient (Wildman–Crippen LogP) is 1.91. The molecule has 2 fully saturated rings. The number of aliphatic hydroxyl groups is 2. The minimum atomic E-state index is -0.189. The molecule has 0 saturated heterocycles. The van der Waals surface area contributed by atoms with Crippen LogP contribution in [0.2, 0.25) is 0 Å². The number of hydrogen-bond donors (Lipinski definition) is 2. The second-order valence-electron chi connectivity index (χ2n) is 5.29. The maximum Gasteiger partial charge on any atom is 0.0617 e. The molecule has 2 aliphatic carbocycles. The molecule has 4 unspecified atom stereocenters. The molecule has 3 nitrogen and oxygen atoms in total.